The summed E-state index contributed by atoms with van der Waals surface area (Å²) in [6, 6.07) is 12.6. The molecule has 0 saturated carbocycles. The third kappa shape index (κ3) is 5.26. The lowest BCUT2D eigenvalue weighted by Gasteiger charge is -2.34. The maximum absolute atomic E-state index is 12.7. The molecule has 2 fully saturated rings. The van der Waals surface area contributed by atoms with Crippen LogP contribution < -0.4 is 10.2 Å². The minimum Gasteiger partial charge on any atom is -0.366 e. The molecule has 2 aromatic rings. The van der Waals surface area contributed by atoms with E-state index in [9.17, 15) is 14.9 Å². The van der Waals surface area contributed by atoms with Crippen LogP contribution in [0.25, 0.3) is 0 Å². The molecule has 2 aromatic carbocycles. The van der Waals surface area contributed by atoms with E-state index in [0.29, 0.717) is 11.4 Å². The van der Waals surface area contributed by atoms with E-state index in [1.165, 1.54) is 11.6 Å². The summed E-state index contributed by atoms with van der Waals surface area (Å²) in [6.07, 6.45) is 2.06. The van der Waals surface area contributed by atoms with Crippen molar-refractivity contribution in [1.29, 1.82) is 0 Å². The molecular weight excluding hydrogens is 406 g/mol. The molecule has 0 aliphatic carbocycles. The molecule has 8 heteroatoms. The fourth-order valence-corrected chi connectivity index (χ4v) is 4.45. The number of amides is 1. The number of nitro groups is 1. The molecular formula is C24H31N5O3. The number of benzene rings is 2. The highest BCUT2D eigenvalue weighted by atomic mass is 16.6. The molecule has 0 unspecified atom stereocenters. The second kappa shape index (κ2) is 10.1. The predicted molar refractivity (Wildman–Crippen MR) is 126 cm³/mol. The quantitative estimate of drug-likeness (QED) is 0.527. The van der Waals surface area contributed by atoms with Crippen LogP contribution in [0.3, 0.4) is 0 Å². The minimum absolute atomic E-state index is 0.0157. The van der Waals surface area contributed by atoms with E-state index in [4.69, 9.17) is 0 Å². The van der Waals surface area contributed by atoms with Crippen molar-refractivity contribution in [2.24, 2.45) is 0 Å². The number of nitrogens with one attached hydrogen (secondary N) is 1. The third-order valence-electron chi connectivity index (χ3n) is 6.41. The van der Waals surface area contributed by atoms with Crippen molar-refractivity contribution in [1.82, 2.24) is 9.80 Å². The molecule has 0 radical (unpaired) electrons. The zero-order chi connectivity index (χ0) is 22.5. The highest BCUT2D eigenvalue weighted by Gasteiger charge is 2.24. The van der Waals surface area contributed by atoms with Crippen LogP contribution in [-0.2, 0) is 6.54 Å². The average molecular weight is 438 g/mol. The Morgan fingerprint density at radius 1 is 0.969 bits per heavy atom. The van der Waals surface area contributed by atoms with Gasteiger partial charge < -0.3 is 15.1 Å². The zero-order valence-electron chi connectivity index (χ0n) is 18.6. The number of nitrogens with zero attached hydrogens (tertiary/aromatic N) is 4. The number of rotatable bonds is 7. The molecule has 0 atom stereocenters. The van der Waals surface area contributed by atoms with Gasteiger partial charge in [0, 0.05) is 63.1 Å². The van der Waals surface area contributed by atoms with Crippen LogP contribution in [0.15, 0.2) is 42.5 Å². The van der Waals surface area contributed by atoms with Gasteiger partial charge in [-0.05, 0) is 49.2 Å². The van der Waals surface area contributed by atoms with Gasteiger partial charge in [-0.15, -0.1) is 0 Å². The first kappa shape index (κ1) is 22.2. The number of likely N-dealkylation sites (N-methyl/N-ethyl adjacent to an activating group) is 1. The number of piperazine rings is 1. The van der Waals surface area contributed by atoms with Crippen molar-refractivity contribution in [3.63, 3.8) is 0 Å². The van der Waals surface area contributed by atoms with Gasteiger partial charge in [-0.1, -0.05) is 19.1 Å². The van der Waals surface area contributed by atoms with Gasteiger partial charge in [-0.3, -0.25) is 19.8 Å². The summed E-state index contributed by atoms with van der Waals surface area (Å²) < 4.78 is 0. The topological polar surface area (TPSA) is 82.0 Å². The van der Waals surface area contributed by atoms with E-state index in [-0.39, 0.29) is 17.2 Å². The molecule has 0 bridgehead atoms. The molecule has 4 rings (SSSR count). The summed E-state index contributed by atoms with van der Waals surface area (Å²) in [5.74, 6) is -0.343. The largest absolute Gasteiger partial charge is 0.366 e. The van der Waals surface area contributed by atoms with E-state index in [1.807, 2.05) is 29.2 Å². The number of anilines is 2. The van der Waals surface area contributed by atoms with Gasteiger partial charge in [0.15, 0.2) is 0 Å². The van der Waals surface area contributed by atoms with E-state index < -0.39 is 4.92 Å². The Morgan fingerprint density at radius 3 is 2.25 bits per heavy atom. The number of hydrogen-bond donors (Lipinski definition) is 1. The van der Waals surface area contributed by atoms with Crippen LogP contribution in [0.2, 0.25) is 0 Å². The molecule has 2 saturated heterocycles. The van der Waals surface area contributed by atoms with Gasteiger partial charge in [0.25, 0.3) is 11.6 Å². The van der Waals surface area contributed by atoms with Gasteiger partial charge in [0.1, 0.15) is 5.69 Å². The Labute approximate surface area is 189 Å². The van der Waals surface area contributed by atoms with E-state index in [0.717, 1.165) is 65.2 Å². The van der Waals surface area contributed by atoms with Crippen molar-refractivity contribution in [3.05, 3.63) is 63.7 Å². The second-order valence-corrected chi connectivity index (χ2v) is 8.52. The predicted octanol–water partition coefficient (Wildman–Crippen LogP) is 3.58. The Balaban J connectivity index is 1.38. The first-order valence-corrected chi connectivity index (χ1v) is 11.4. The smallest absolute Gasteiger partial charge is 0.293 e. The first-order valence-electron chi connectivity index (χ1n) is 11.4. The average Bonchev–Trinajstić information content (AvgIpc) is 3.35. The molecule has 8 nitrogen and oxygen atoms in total. The van der Waals surface area contributed by atoms with Crippen molar-refractivity contribution in [3.8, 4) is 0 Å². The third-order valence-corrected chi connectivity index (χ3v) is 6.41. The van der Waals surface area contributed by atoms with Gasteiger partial charge in [0.2, 0.25) is 0 Å². The maximum atomic E-state index is 12.7. The normalized spacial score (nSPS) is 17.5. The standard InChI is InChI=1S/C24H31N5O3/c1-2-26-13-15-27(16-14-26)18-19-5-8-21(9-6-19)25-24(30)20-7-10-22(23(17-20)29(31)32)28-11-3-4-12-28/h5-10,17H,2-4,11-16,18H2,1H3,(H,25,30). The number of carbonyl (C=O) groups excluding carboxylic acids is 1. The van der Waals surface area contributed by atoms with Crippen molar-refractivity contribution < 1.29 is 9.72 Å². The van der Waals surface area contributed by atoms with Crippen molar-refractivity contribution in [2.75, 3.05) is 56.0 Å². The van der Waals surface area contributed by atoms with Crippen LogP contribution in [0.5, 0.6) is 0 Å². The number of hydrogen-bond acceptors (Lipinski definition) is 6. The van der Waals surface area contributed by atoms with Crippen LogP contribution >= 0.6 is 0 Å². The second-order valence-electron chi connectivity index (χ2n) is 8.52. The summed E-state index contributed by atoms with van der Waals surface area (Å²) in [5.41, 5.74) is 2.75. The Morgan fingerprint density at radius 2 is 1.62 bits per heavy atom. The van der Waals surface area contributed by atoms with E-state index in [2.05, 4.69) is 22.0 Å². The van der Waals surface area contributed by atoms with Crippen molar-refractivity contribution in [2.45, 2.75) is 26.3 Å². The fourth-order valence-electron chi connectivity index (χ4n) is 4.45. The van der Waals surface area contributed by atoms with Gasteiger partial charge in [-0.25, -0.2) is 0 Å². The highest BCUT2D eigenvalue weighted by molar-refractivity contribution is 6.05. The van der Waals surface area contributed by atoms with Crippen LogP contribution in [0.4, 0.5) is 17.1 Å². The van der Waals surface area contributed by atoms with Crippen LogP contribution in [0.1, 0.15) is 35.7 Å². The molecule has 1 N–H and O–H groups in total. The molecule has 0 aromatic heterocycles. The fraction of sp³-hybridized carbons (Fsp3) is 0.458. The molecule has 0 spiro atoms. The molecule has 2 heterocycles. The zero-order valence-corrected chi connectivity index (χ0v) is 18.6. The van der Waals surface area contributed by atoms with E-state index in [1.54, 1.807) is 12.1 Å². The summed E-state index contributed by atoms with van der Waals surface area (Å²) in [4.78, 5) is 30.8. The molecule has 1 amide bonds. The van der Waals surface area contributed by atoms with Crippen LogP contribution in [-0.4, -0.2) is 66.4 Å². The van der Waals surface area contributed by atoms with Gasteiger partial charge in [-0.2, -0.15) is 0 Å². The molecule has 2 aliphatic rings. The highest BCUT2D eigenvalue weighted by Crippen LogP contribution is 2.32. The lowest BCUT2D eigenvalue weighted by Crippen LogP contribution is -2.45. The summed E-state index contributed by atoms with van der Waals surface area (Å²) in [5, 5.41) is 14.5. The summed E-state index contributed by atoms with van der Waals surface area (Å²) in [7, 11) is 0. The van der Waals surface area contributed by atoms with Crippen LogP contribution in [0, 0.1) is 10.1 Å². The lowest BCUT2D eigenvalue weighted by molar-refractivity contribution is -0.384. The number of nitro benzene ring substituents is 1. The lowest BCUT2D eigenvalue weighted by atomic mass is 10.1. The molecule has 32 heavy (non-hydrogen) atoms. The summed E-state index contributed by atoms with van der Waals surface area (Å²) in [6.45, 7) is 10.2. The Bertz CT molecular complexity index is 949. The first-order chi connectivity index (χ1) is 15.5. The number of carbonyl (C=O) groups is 1. The molecule has 170 valence electrons. The SMILES string of the molecule is CCN1CCN(Cc2ccc(NC(=O)c3ccc(N4CCCC4)c([N+](=O)[O-])c3)cc2)CC1. The Kier molecular flexibility index (Phi) is 7.02. The monoisotopic (exact) mass is 437 g/mol. The molecule has 2 aliphatic heterocycles. The summed E-state index contributed by atoms with van der Waals surface area (Å²) >= 11 is 0. The van der Waals surface area contributed by atoms with E-state index >= 15 is 0 Å². The van der Waals surface area contributed by atoms with Gasteiger partial charge >= 0.3 is 0 Å². The maximum Gasteiger partial charge on any atom is 0.293 e. The Hall–Kier alpha value is -2.97. The minimum atomic E-state index is -0.403. The van der Waals surface area contributed by atoms with Gasteiger partial charge in [0.05, 0.1) is 4.92 Å². The van der Waals surface area contributed by atoms with Crippen molar-refractivity contribution >= 4 is 23.0 Å².